The molecular formula is C26H25N3O2S. The number of carbonyl (C=O) groups is 1. The summed E-state index contributed by atoms with van der Waals surface area (Å²) in [6.07, 6.45) is 1.83. The van der Waals surface area contributed by atoms with E-state index in [1.54, 1.807) is 0 Å². The molecule has 1 saturated heterocycles. The Morgan fingerprint density at radius 1 is 0.938 bits per heavy atom. The molecule has 1 aliphatic rings. The minimum atomic E-state index is 0.115. The lowest BCUT2D eigenvalue weighted by Crippen LogP contribution is -2.48. The number of pyridine rings is 1. The summed E-state index contributed by atoms with van der Waals surface area (Å²) in [5.41, 5.74) is 2.10. The number of amides is 1. The van der Waals surface area contributed by atoms with Crippen molar-refractivity contribution in [2.24, 2.45) is 0 Å². The molecule has 0 unspecified atom stereocenters. The fraction of sp³-hybridized carbons (Fsp3) is 0.231. The lowest BCUT2D eigenvalue weighted by atomic mass is 10.1. The highest BCUT2D eigenvalue weighted by Crippen LogP contribution is 2.23. The van der Waals surface area contributed by atoms with E-state index in [2.05, 4.69) is 34.1 Å². The molecule has 1 aliphatic heterocycles. The van der Waals surface area contributed by atoms with Gasteiger partial charge in [0.25, 0.3) is 5.91 Å². The van der Waals surface area contributed by atoms with E-state index < -0.39 is 0 Å². The van der Waals surface area contributed by atoms with E-state index in [0.29, 0.717) is 6.61 Å². The average Bonchev–Trinajstić information content (AvgIpc) is 3.32. The van der Waals surface area contributed by atoms with Crippen LogP contribution in [0.4, 0.5) is 0 Å². The summed E-state index contributed by atoms with van der Waals surface area (Å²) in [5, 5.41) is 4.38. The lowest BCUT2D eigenvalue weighted by Gasteiger charge is -2.34. The smallest absolute Gasteiger partial charge is 0.264 e. The molecule has 6 heteroatoms. The SMILES string of the molecule is O=C(c1cc(COc2ccc3ccccc3c2)cs1)N1CCN(Cc2ccccn2)CC1. The first-order chi connectivity index (χ1) is 15.7. The van der Waals surface area contributed by atoms with Crippen LogP contribution in [-0.4, -0.2) is 46.9 Å². The number of piperazine rings is 1. The molecule has 0 aliphatic carbocycles. The Morgan fingerprint density at radius 3 is 2.56 bits per heavy atom. The fourth-order valence-electron chi connectivity index (χ4n) is 3.97. The van der Waals surface area contributed by atoms with E-state index in [4.69, 9.17) is 4.74 Å². The number of hydrogen-bond donors (Lipinski definition) is 0. The molecule has 4 aromatic rings. The van der Waals surface area contributed by atoms with Gasteiger partial charge in [0.15, 0.2) is 0 Å². The molecule has 1 amide bonds. The van der Waals surface area contributed by atoms with Crippen molar-refractivity contribution < 1.29 is 9.53 Å². The van der Waals surface area contributed by atoms with E-state index in [1.165, 1.54) is 16.7 Å². The number of aromatic nitrogens is 1. The van der Waals surface area contributed by atoms with Crippen LogP contribution in [0, 0.1) is 0 Å². The number of thiophene rings is 1. The molecule has 2 aromatic carbocycles. The molecule has 5 nitrogen and oxygen atoms in total. The summed E-state index contributed by atoms with van der Waals surface area (Å²) in [6.45, 7) is 4.51. The van der Waals surface area contributed by atoms with E-state index in [-0.39, 0.29) is 5.91 Å². The second-order valence-electron chi connectivity index (χ2n) is 8.01. The normalized spacial score (nSPS) is 14.6. The number of benzene rings is 2. The third kappa shape index (κ3) is 4.82. The Balaban J connectivity index is 1.14. The van der Waals surface area contributed by atoms with Crippen LogP contribution in [0.25, 0.3) is 10.8 Å². The molecule has 3 heterocycles. The molecular weight excluding hydrogens is 418 g/mol. The van der Waals surface area contributed by atoms with Gasteiger partial charge >= 0.3 is 0 Å². The monoisotopic (exact) mass is 443 g/mol. The second-order valence-corrected chi connectivity index (χ2v) is 8.92. The second kappa shape index (κ2) is 9.51. The van der Waals surface area contributed by atoms with Gasteiger partial charge in [-0.25, -0.2) is 0 Å². The number of carbonyl (C=O) groups excluding carboxylic acids is 1. The molecule has 0 radical (unpaired) electrons. The van der Waals surface area contributed by atoms with Gasteiger partial charge in [0, 0.05) is 44.5 Å². The molecule has 0 spiro atoms. The molecule has 0 saturated carbocycles. The maximum atomic E-state index is 13.0. The summed E-state index contributed by atoms with van der Waals surface area (Å²) in [7, 11) is 0. The Hall–Kier alpha value is -3.22. The summed E-state index contributed by atoms with van der Waals surface area (Å²) in [5.74, 6) is 0.955. The molecule has 0 atom stereocenters. The van der Waals surface area contributed by atoms with E-state index in [1.807, 2.05) is 58.9 Å². The van der Waals surface area contributed by atoms with Gasteiger partial charge in [0.2, 0.25) is 0 Å². The van der Waals surface area contributed by atoms with Crippen molar-refractivity contribution >= 4 is 28.0 Å². The highest BCUT2D eigenvalue weighted by Gasteiger charge is 2.23. The summed E-state index contributed by atoms with van der Waals surface area (Å²) in [6, 6.07) is 22.3. The quantitative estimate of drug-likeness (QED) is 0.428. The van der Waals surface area contributed by atoms with Crippen LogP contribution in [0.15, 0.2) is 78.3 Å². The highest BCUT2D eigenvalue weighted by atomic mass is 32.1. The number of hydrogen-bond acceptors (Lipinski definition) is 5. The molecule has 2 aromatic heterocycles. The maximum Gasteiger partial charge on any atom is 0.264 e. The standard InChI is InChI=1S/C26H25N3O2S/c30-26(29-13-11-28(12-14-29)17-23-7-3-4-10-27-23)25-15-20(19-32-25)18-31-24-9-8-21-5-1-2-6-22(21)16-24/h1-10,15-16,19H,11-14,17-18H2. The Bertz CT molecular complexity index is 1200. The molecule has 0 bridgehead atoms. The van der Waals surface area contributed by atoms with Gasteiger partial charge in [0.1, 0.15) is 12.4 Å². The van der Waals surface area contributed by atoms with Crippen LogP contribution < -0.4 is 4.74 Å². The van der Waals surface area contributed by atoms with Crippen LogP contribution in [-0.2, 0) is 13.2 Å². The Morgan fingerprint density at radius 2 is 1.75 bits per heavy atom. The zero-order chi connectivity index (χ0) is 21.8. The largest absolute Gasteiger partial charge is 0.489 e. The summed E-state index contributed by atoms with van der Waals surface area (Å²) in [4.78, 5) is 22.4. The zero-order valence-electron chi connectivity index (χ0n) is 17.8. The van der Waals surface area contributed by atoms with Crippen LogP contribution in [0.2, 0.25) is 0 Å². The summed E-state index contributed by atoms with van der Waals surface area (Å²) >= 11 is 1.50. The Labute approximate surface area is 191 Å². The number of nitrogens with zero attached hydrogens (tertiary/aromatic N) is 3. The first kappa shape index (κ1) is 20.7. The van der Waals surface area contributed by atoms with E-state index >= 15 is 0 Å². The van der Waals surface area contributed by atoms with Crippen molar-refractivity contribution in [1.29, 1.82) is 0 Å². The van der Waals surface area contributed by atoms with Gasteiger partial charge in [-0.05, 0) is 46.5 Å². The summed E-state index contributed by atoms with van der Waals surface area (Å²) < 4.78 is 5.98. The average molecular weight is 444 g/mol. The van der Waals surface area contributed by atoms with Crippen LogP contribution in [0.1, 0.15) is 20.9 Å². The van der Waals surface area contributed by atoms with Crippen molar-refractivity contribution in [3.8, 4) is 5.75 Å². The highest BCUT2D eigenvalue weighted by molar-refractivity contribution is 7.12. The van der Waals surface area contributed by atoms with Gasteiger partial charge in [0.05, 0.1) is 10.6 Å². The third-order valence-electron chi connectivity index (χ3n) is 5.76. The van der Waals surface area contributed by atoms with Crippen molar-refractivity contribution in [3.63, 3.8) is 0 Å². The lowest BCUT2D eigenvalue weighted by molar-refractivity contribution is 0.0631. The van der Waals surface area contributed by atoms with Crippen LogP contribution in [0.3, 0.4) is 0 Å². The number of ether oxygens (including phenoxy) is 1. The molecule has 32 heavy (non-hydrogen) atoms. The van der Waals surface area contributed by atoms with Crippen molar-refractivity contribution in [2.45, 2.75) is 13.2 Å². The van der Waals surface area contributed by atoms with Crippen LogP contribution >= 0.6 is 11.3 Å². The van der Waals surface area contributed by atoms with Crippen LogP contribution in [0.5, 0.6) is 5.75 Å². The van der Waals surface area contributed by atoms with Gasteiger partial charge in [-0.15, -0.1) is 11.3 Å². The van der Waals surface area contributed by atoms with Crippen molar-refractivity contribution in [3.05, 3.63) is 94.4 Å². The predicted octanol–water partition coefficient (Wildman–Crippen LogP) is 4.83. The van der Waals surface area contributed by atoms with Gasteiger partial charge in [-0.3, -0.25) is 14.7 Å². The van der Waals surface area contributed by atoms with Crippen molar-refractivity contribution in [2.75, 3.05) is 26.2 Å². The number of rotatable bonds is 6. The molecule has 0 N–H and O–H groups in total. The van der Waals surface area contributed by atoms with Gasteiger partial charge in [-0.1, -0.05) is 36.4 Å². The van der Waals surface area contributed by atoms with E-state index in [0.717, 1.165) is 60.0 Å². The minimum absolute atomic E-state index is 0.115. The first-order valence-electron chi connectivity index (χ1n) is 10.9. The maximum absolute atomic E-state index is 13.0. The van der Waals surface area contributed by atoms with E-state index in [9.17, 15) is 4.79 Å². The minimum Gasteiger partial charge on any atom is -0.489 e. The third-order valence-corrected chi connectivity index (χ3v) is 6.73. The Kier molecular flexibility index (Phi) is 6.14. The first-order valence-corrected chi connectivity index (χ1v) is 11.7. The number of fused-ring (bicyclic) bond motifs is 1. The molecule has 1 fully saturated rings. The van der Waals surface area contributed by atoms with Crippen molar-refractivity contribution in [1.82, 2.24) is 14.8 Å². The topological polar surface area (TPSA) is 45.7 Å². The predicted molar refractivity (Wildman–Crippen MR) is 128 cm³/mol. The van der Waals surface area contributed by atoms with Gasteiger partial charge in [-0.2, -0.15) is 0 Å². The zero-order valence-corrected chi connectivity index (χ0v) is 18.6. The molecule has 162 valence electrons. The molecule has 5 rings (SSSR count). The van der Waals surface area contributed by atoms with Gasteiger partial charge < -0.3 is 9.64 Å². The fourth-order valence-corrected chi connectivity index (χ4v) is 4.84.